The lowest BCUT2D eigenvalue weighted by Gasteiger charge is -2.35. The second kappa shape index (κ2) is 11.7. The maximum atomic E-state index is 14.1. The first-order valence-electron chi connectivity index (χ1n) is 13.6. The summed E-state index contributed by atoms with van der Waals surface area (Å²) in [5.41, 5.74) is 2.72. The minimum Gasteiger partial charge on any atom is -0.396 e. The molecule has 2 saturated heterocycles. The molecule has 212 valence electrons. The number of alkyl halides is 2. The summed E-state index contributed by atoms with van der Waals surface area (Å²) in [6.45, 7) is 2.21. The van der Waals surface area contributed by atoms with Crippen LogP contribution in [0.2, 0.25) is 0 Å². The summed E-state index contributed by atoms with van der Waals surface area (Å²) in [5.74, 6) is -3.21. The fourth-order valence-electron chi connectivity index (χ4n) is 5.72. The van der Waals surface area contributed by atoms with Gasteiger partial charge >= 0.3 is 0 Å². The van der Waals surface area contributed by atoms with Crippen molar-refractivity contribution in [3.8, 4) is 0 Å². The van der Waals surface area contributed by atoms with Crippen molar-refractivity contribution in [2.45, 2.75) is 63.6 Å². The molecule has 2 aromatic rings. The summed E-state index contributed by atoms with van der Waals surface area (Å²) < 4.78 is 47.0. The van der Waals surface area contributed by atoms with Gasteiger partial charge in [-0.25, -0.2) is 18.2 Å². The number of aliphatic hydroxyl groups excluding tert-OH is 1. The SMILES string of the molecule is CC(F)(F)CN1CCC(C(=O)N2Cc3cc(F)cnc3Nc3ccc(N[C@H]4CC[C@@H](CCO)OC4)cc32)CC1. The molecule has 4 heterocycles. The van der Waals surface area contributed by atoms with Crippen LogP contribution in [0.25, 0.3) is 0 Å². The molecule has 2 atom stereocenters. The Kier molecular flexibility index (Phi) is 8.29. The zero-order chi connectivity index (χ0) is 27.6. The van der Waals surface area contributed by atoms with Gasteiger partial charge in [0, 0.05) is 36.7 Å². The molecule has 3 aliphatic heterocycles. The number of aromatic nitrogens is 1. The molecule has 39 heavy (non-hydrogen) atoms. The van der Waals surface area contributed by atoms with E-state index in [1.54, 1.807) is 9.80 Å². The van der Waals surface area contributed by atoms with Gasteiger partial charge in [-0.3, -0.25) is 9.69 Å². The molecule has 5 rings (SSSR count). The third-order valence-corrected chi connectivity index (χ3v) is 7.70. The van der Waals surface area contributed by atoms with E-state index in [4.69, 9.17) is 9.84 Å². The number of hydrogen-bond acceptors (Lipinski definition) is 7. The van der Waals surface area contributed by atoms with Crippen molar-refractivity contribution in [1.29, 1.82) is 0 Å². The number of nitrogens with one attached hydrogen (secondary N) is 2. The van der Waals surface area contributed by atoms with Crippen molar-refractivity contribution in [2.24, 2.45) is 5.92 Å². The number of anilines is 4. The fourth-order valence-corrected chi connectivity index (χ4v) is 5.72. The smallest absolute Gasteiger partial charge is 0.257 e. The van der Waals surface area contributed by atoms with Crippen molar-refractivity contribution in [3.05, 3.63) is 41.8 Å². The molecular formula is C28H36F3N5O3. The number of likely N-dealkylation sites (tertiary alicyclic amines) is 1. The van der Waals surface area contributed by atoms with Gasteiger partial charge in [-0.05, 0) is 69.5 Å². The molecule has 1 aromatic heterocycles. The lowest BCUT2D eigenvalue weighted by atomic mass is 9.94. The number of aliphatic hydroxyl groups is 1. The number of carbonyl (C=O) groups is 1. The van der Waals surface area contributed by atoms with E-state index in [9.17, 15) is 18.0 Å². The Labute approximate surface area is 226 Å². The van der Waals surface area contributed by atoms with Gasteiger partial charge in [0.1, 0.15) is 11.6 Å². The molecule has 11 heteroatoms. The summed E-state index contributed by atoms with van der Waals surface area (Å²) in [7, 11) is 0. The number of benzene rings is 1. The van der Waals surface area contributed by atoms with Crippen LogP contribution in [0.4, 0.5) is 36.1 Å². The van der Waals surface area contributed by atoms with Crippen LogP contribution in [-0.4, -0.2) is 71.8 Å². The van der Waals surface area contributed by atoms with Crippen molar-refractivity contribution in [2.75, 3.05) is 48.4 Å². The number of ether oxygens (including phenoxy) is 1. The van der Waals surface area contributed by atoms with E-state index < -0.39 is 11.7 Å². The van der Waals surface area contributed by atoms with Gasteiger partial charge in [0.25, 0.3) is 5.92 Å². The molecule has 1 aromatic carbocycles. The van der Waals surface area contributed by atoms with Crippen LogP contribution in [0, 0.1) is 11.7 Å². The van der Waals surface area contributed by atoms with E-state index in [1.165, 1.54) is 6.07 Å². The third-order valence-electron chi connectivity index (χ3n) is 7.70. The summed E-state index contributed by atoms with van der Waals surface area (Å²) in [6.07, 6.45) is 4.55. The Balaban J connectivity index is 1.36. The minimum absolute atomic E-state index is 0.0683. The Morgan fingerprint density at radius 1 is 1.23 bits per heavy atom. The number of hydrogen-bond donors (Lipinski definition) is 3. The number of fused-ring (bicyclic) bond motifs is 2. The Bertz CT molecular complexity index is 1160. The standard InChI is InChI=1S/C28H36F3N5O3/c1-28(30,31)17-35-9-6-18(7-10-35)27(38)36-15-19-12-20(29)14-32-26(19)34-24-5-3-21(13-25(24)36)33-22-2-4-23(8-11-37)39-16-22/h3,5,12-14,18,22-23,33,37H,2,4,6-11,15-17H2,1H3,(H,32,34)/t22-,23-/m0/s1. The van der Waals surface area contributed by atoms with Gasteiger partial charge in [0.2, 0.25) is 5.91 Å². The van der Waals surface area contributed by atoms with Gasteiger partial charge in [-0.1, -0.05) is 0 Å². The van der Waals surface area contributed by atoms with Crippen molar-refractivity contribution in [3.63, 3.8) is 0 Å². The predicted octanol–water partition coefficient (Wildman–Crippen LogP) is 4.52. The molecular weight excluding hydrogens is 511 g/mol. The summed E-state index contributed by atoms with van der Waals surface area (Å²) in [6, 6.07) is 7.19. The topological polar surface area (TPSA) is 90.0 Å². The normalized spacial score (nSPS) is 22.4. The zero-order valence-electron chi connectivity index (χ0n) is 22.1. The van der Waals surface area contributed by atoms with Crippen LogP contribution in [0.5, 0.6) is 0 Å². The van der Waals surface area contributed by atoms with Crippen LogP contribution >= 0.6 is 0 Å². The largest absolute Gasteiger partial charge is 0.396 e. The Morgan fingerprint density at radius 2 is 2.03 bits per heavy atom. The minimum atomic E-state index is -2.78. The summed E-state index contributed by atoms with van der Waals surface area (Å²) in [4.78, 5) is 21.5. The second-order valence-corrected chi connectivity index (χ2v) is 10.9. The average Bonchev–Trinajstić information content (AvgIpc) is 3.05. The number of rotatable bonds is 7. The maximum absolute atomic E-state index is 14.1. The molecule has 0 unspecified atom stereocenters. The van der Waals surface area contributed by atoms with E-state index in [-0.39, 0.29) is 43.7 Å². The van der Waals surface area contributed by atoms with E-state index in [1.807, 2.05) is 18.2 Å². The van der Waals surface area contributed by atoms with E-state index in [0.29, 0.717) is 61.7 Å². The fraction of sp³-hybridized carbons (Fsp3) is 0.571. The average molecular weight is 548 g/mol. The molecule has 3 aliphatic rings. The highest BCUT2D eigenvalue weighted by atomic mass is 19.3. The van der Waals surface area contributed by atoms with E-state index >= 15 is 0 Å². The molecule has 0 spiro atoms. The molecule has 0 saturated carbocycles. The Hall–Kier alpha value is -2.89. The number of pyridine rings is 1. The first-order chi connectivity index (χ1) is 18.7. The Morgan fingerprint density at radius 3 is 2.72 bits per heavy atom. The second-order valence-electron chi connectivity index (χ2n) is 10.9. The van der Waals surface area contributed by atoms with Crippen LogP contribution < -0.4 is 15.5 Å². The van der Waals surface area contributed by atoms with Crippen LogP contribution in [0.1, 0.15) is 44.6 Å². The molecule has 3 N–H and O–H groups in total. The molecule has 8 nitrogen and oxygen atoms in total. The van der Waals surface area contributed by atoms with Crippen LogP contribution in [-0.2, 0) is 16.1 Å². The maximum Gasteiger partial charge on any atom is 0.257 e. The number of amides is 1. The highest BCUT2D eigenvalue weighted by Crippen LogP contribution is 2.39. The van der Waals surface area contributed by atoms with Gasteiger partial charge in [-0.2, -0.15) is 0 Å². The van der Waals surface area contributed by atoms with Gasteiger partial charge < -0.3 is 25.4 Å². The first-order valence-corrected chi connectivity index (χ1v) is 13.6. The number of carbonyl (C=O) groups excluding carboxylic acids is 1. The lowest BCUT2D eigenvalue weighted by Crippen LogP contribution is -2.45. The zero-order valence-corrected chi connectivity index (χ0v) is 22.1. The van der Waals surface area contributed by atoms with E-state index in [0.717, 1.165) is 31.6 Å². The van der Waals surface area contributed by atoms with Crippen LogP contribution in [0.15, 0.2) is 30.5 Å². The first kappa shape index (κ1) is 27.7. The van der Waals surface area contributed by atoms with Crippen LogP contribution in [0.3, 0.4) is 0 Å². The van der Waals surface area contributed by atoms with E-state index in [2.05, 4.69) is 15.6 Å². The lowest BCUT2D eigenvalue weighted by molar-refractivity contribution is -0.124. The third kappa shape index (κ3) is 6.82. The van der Waals surface area contributed by atoms with Gasteiger partial charge in [0.15, 0.2) is 0 Å². The van der Waals surface area contributed by atoms with Crippen molar-refractivity contribution in [1.82, 2.24) is 9.88 Å². The molecule has 0 aliphatic carbocycles. The highest BCUT2D eigenvalue weighted by molar-refractivity contribution is 6.00. The molecule has 1 amide bonds. The van der Waals surface area contributed by atoms with Gasteiger partial charge in [0.05, 0.1) is 43.4 Å². The summed E-state index contributed by atoms with van der Waals surface area (Å²) in [5, 5.41) is 15.9. The van der Waals surface area contributed by atoms with Gasteiger partial charge in [-0.15, -0.1) is 0 Å². The summed E-state index contributed by atoms with van der Waals surface area (Å²) >= 11 is 0. The van der Waals surface area contributed by atoms with Crippen molar-refractivity contribution >= 4 is 28.8 Å². The molecule has 0 radical (unpaired) electrons. The number of nitrogens with zero attached hydrogens (tertiary/aromatic N) is 3. The molecule has 0 bridgehead atoms. The quantitative estimate of drug-likeness (QED) is 0.470. The monoisotopic (exact) mass is 547 g/mol. The number of piperidine rings is 1. The molecule has 2 fully saturated rings. The predicted molar refractivity (Wildman–Crippen MR) is 143 cm³/mol. The van der Waals surface area contributed by atoms with Crippen molar-refractivity contribution < 1.29 is 27.8 Å². The highest BCUT2D eigenvalue weighted by Gasteiger charge is 2.35. The number of halogens is 3.